The van der Waals surface area contributed by atoms with Crippen LogP contribution in [0.15, 0.2) is 0 Å². The molecule has 37 heavy (non-hydrogen) atoms. The number of nitrogens with one attached hydrogen (secondary N) is 1. The average molecular weight is 562 g/mol. The summed E-state index contributed by atoms with van der Waals surface area (Å²) in [4.78, 5) is 12.4. The van der Waals surface area contributed by atoms with E-state index in [0.717, 1.165) is 27.7 Å². The number of rotatable bonds is 8. The van der Waals surface area contributed by atoms with Crippen LogP contribution in [0.25, 0.3) is 0 Å². The maximum atomic E-state index is 12.4. The molecule has 0 bridgehead atoms. The van der Waals surface area contributed by atoms with E-state index in [0.29, 0.717) is 0 Å². The van der Waals surface area contributed by atoms with Crippen LogP contribution in [0.2, 0.25) is 0 Å². The van der Waals surface area contributed by atoms with Crippen LogP contribution < -0.4 is 5.32 Å². The van der Waals surface area contributed by atoms with Gasteiger partial charge in [0.1, 0.15) is 40.7 Å². The van der Waals surface area contributed by atoms with Gasteiger partial charge in [-0.3, -0.25) is 4.55 Å². The molecule has 2 heterocycles. The first-order valence-electron chi connectivity index (χ1n) is 11.3. The lowest BCUT2D eigenvalue weighted by atomic mass is 9.62. The highest BCUT2D eigenvalue weighted by Crippen LogP contribution is 2.54. The van der Waals surface area contributed by atoms with E-state index in [1.165, 1.54) is 34.9 Å². The number of ether oxygens (including phenoxy) is 4. The van der Waals surface area contributed by atoms with Gasteiger partial charge in [0, 0.05) is 7.11 Å². The lowest BCUT2D eigenvalue weighted by Crippen LogP contribution is -2.86. The fourth-order valence-electron chi connectivity index (χ4n) is 5.16. The molecule has 10 unspecified atom stereocenters. The first-order valence-corrected chi connectivity index (χ1v) is 12.7. The topological polar surface area (TPSA) is 231 Å². The van der Waals surface area contributed by atoms with E-state index < -0.39 is 80.8 Å². The Morgan fingerprint density at radius 1 is 1.00 bits per heavy atom. The molecule has 0 saturated carbocycles. The Morgan fingerprint density at radius 2 is 1.51 bits per heavy atom. The summed E-state index contributed by atoms with van der Waals surface area (Å²) in [6.07, 6.45) is -5.22. The normalized spacial score (nSPS) is 51.1. The monoisotopic (exact) mass is 561 g/mol. The van der Waals surface area contributed by atoms with Gasteiger partial charge in [0.2, 0.25) is 0 Å². The van der Waals surface area contributed by atoms with Crippen LogP contribution >= 0.6 is 0 Å². The van der Waals surface area contributed by atoms with Gasteiger partial charge in [-0.15, -0.1) is 0 Å². The third kappa shape index (κ3) is 4.50. The van der Waals surface area contributed by atoms with E-state index in [2.05, 4.69) is 9.50 Å². The Morgan fingerprint density at radius 3 is 1.92 bits per heavy atom. The number of methoxy groups -OCH3 is 1. The zero-order valence-electron chi connectivity index (χ0n) is 22.3. The van der Waals surface area contributed by atoms with Gasteiger partial charge in [-0.1, -0.05) is 0 Å². The number of aliphatic hydroxyl groups excluding tert-OH is 1. The quantitative estimate of drug-likeness (QED) is 0.161. The van der Waals surface area contributed by atoms with Gasteiger partial charge in [0.15, 0.2) is 18.2 Å². The van der Waals surface area contributed by atoms with Crippen LogP contribution in [0.5, 0.6) is 0 Å². The summed E-state index contributed by atoms with van der Waals surface area (Å²) in [5.74, 6) is -1.68. The van der Waals surface area contributed by atoms with E-state index in [1.807, 2.05) is 0 Å². The molecular weight excluding hydrogens is 522 g/mol. The SMILES string of the molecule is CNC1(C)C(OC2(C)C(C)(C(=O)O)OC(O)C(C)(O)C2(C)O)OC(C)(COS(=O)(=O)O)C(OC)C1(C)O. The summed E-state index contributed by atoms with van der Waals surface area (Å²) in [6, 6.07) is 0. The molecule has 2 saturated heterocycles. The highest BCUT2D eigenvalue weighted by atomic mass is 32.3. The summed E-state index contributed by atoms with van der Waals surface area (Å²) >= 11 is 0. The molecule has 0 aromatic heterocycles. The third-order valence-corrected chi connectivity index (χ3v) is 9.03. The van der Waals surface area contributed by atoms with E-state index in [-0.39, 0.29) is 0 Å². The summed E-state index contributed by atoms with van der Waals surface area (Å²) in [6.45, 7) is 7.34. The molecule has 2 aliphatic heterocycles. The van der Waals surface area contributed by atoms with E-state index in [4.69, 9.17) is 23.5 Å². The number of carboxylic acids is 1. The third-order valence-electron chi connectivity index (χ3n) is 8.62. The Labute approximate surface area is 215 Å². The maximum absolute atomic E-state index is 12.4. The second kappa shape index (κ2) is 9.28. The average Bonchev–Trinajstić information content (AvgIpc) is 2.74. The summed E-state index contributed by atoms with van der Waals surface area (Å²) < 4.78 is 59.3. The van der Waals surface area contributed by atoms with Crippen molar-refractivity contribution in [1.29, 1.82) is 0 Å². The van der Waals surface area contributed by atoms with Crippen molar-refractivity contribution in [3.63, 3.8) is 0 Å². The number of likely N-dealkylation sites (N-methyl/N-ethyl adjacent to an activating group) is 1. The van der Waals surface area contributed by atoms with Crippen molar-refractivity contribution in [3.8, 4) is 0 Å². The molecule has 0 amide bonds. The van der Waals surface area contributed by atoms with Crippen LogP contribution in [0.4, 0.5) is 0 Å². The lowest BCUT2D eigenvalue weighted by molar-refractivity contribution is -0.446. The predicted molar refractivity (Wildman–Crippen MR) is 124 cm³/mol. The fraction of sp³-hybridized carbons (Fsp3) is 0.952. The van der Waals surface area contributed by atoms with Gasteiger partial charge in [0.25, 0.3) is 0 Å². The van der Waals surface area contributed by atoms with Gasteiger partial charge in [-0.2, -0.15) is 8.42 Å². The van der Waals surface area contributed by atoms with Crippen molar-refractivity contribution in [2.45, 2.75) is 106 Å². The molecule has 0 radical (unpaired) electrons. The van der Waals surface area contributed by atoms with Gasteiger partial charge in [0.05, 0.1) is 5.54 Å². The molecule has 0 aromatic carbocycles. The van der Waals surface area contributed by atoms with E-state index in [1.54, 1.807) is 0 Å². The minimum absolute atomic E-state index is 0.879. The van der Waals surface area contributed by atoms with Gasteiger partial charge in [-0.25, -0.2) is 8.98 Å². The Kier molecular flexibility index (Phi) is 8.07. The number of carbonyl (C=O) groups is 1. The van der Waals surface area contributed by atoms with Crippen LogP contribution in [-0.2, 0) is 38.3 Å². The van der Waals surface area contributed by atoms with Crippen LogP contribution in [0, 0.1) is 0 Å². The molecule has 16 heteroatoms. The molecular formula is C21H39NO14S. The molecule has 0 spiro atoms. The lowest BCUT2D eigenvalue weighted by Gasteiger charge is -2.65. The van der Waals surface area contributed by atoms with Crippen molar-refractivity contribution >= 4 is 16.4 Å². The van der Waals surface area contributed by atoms with Crippen molar-refractivity contribution in [2.24, 2.45) is 0 Å². The molecule has 218 valence electrons. The van der Waals surface area contributed by atoms with Crippen molar-refractivity contribution < 1.29 is 66.4 Å². The van der Waals surface area contributed by atoms with Crippen LogP contribution in [0.3, 0.4) is 0 Å². The summed E-state index contributed by atoms with van der Waals surface area (Å²) in [5.41, 5.74) is -15.5. The highest BCUT2D eigenvalue weighted by Gasteiger charge is 2.76. The van der Waals surface area contributed by atoms with Crippen molar-refractivity contribution in [2.75, 3.05) is 20.8 Å². The molecule has 2 aliphatic rings. The predicted octanol–water partition coefficient (Wildman–Crippen LogP) is -1.87. The first kappa shape index (κ1) is 32.2. The molecule has 10 atom stereocenters. The minimum Gasteiger partial charge on any atom is -0.479 e. The van der Waals surface area contributed by atoms with Crippen LogP contribution in [0.1, 0.15) is 48.5 Å². The standard InChI is InChI=1S/C21H39NO14S/c1-15(10-33-37(29,30)31)11(32-9)17(3,26)16(2,22-8)14(35-15)36-21(7)19(5,12(23)24)34-13(25)18(4,27)20(21,6)28/h11,13-14,22,25-28H,10H2,1-9H3,(H,23,24)(H,29,30,31). The summed E-state index contributed by atoms with van der Waals surface area (Å²) in [7, 11) is -2.33. The first-order chi connectivity index (χ1) is 16.3. The smallest absolute Gasteiger partial charge is 0.397 e. The Bertz CT molecular complexity index is 1000. The van der Waals surface area contributed by atoms with Crippen molar-refractivity contribution in [3.05, 3.63) is 0 Å². The molecule has 2 fully saturated rings. The van der Waals surface area contributed by atoms with Gasteiger partial charge in [-0.05, 0) is 55.5 Å². The number of hydrogen-bond donors (Lipinski definition) is 7. The second-order valence-corrected chi connectivity index (χ2v) is 11.9. The molecule has 0 aliphatic carbocycles. The van der Waals surface area contributed by atoms with Gasteiger partial charge >= 0.3 is 16.4 Å². The largest absolute Gasteiger partial charge is 0.479 e. The number of carboxylic acid groups (broad SMARTS) is 1. The summed E-state index contributed by atoms with van der Waals surface area (Å²) in [5, 5.41) is 57.5. The maximum Gasteiger partial charge on any atom is 0.397 e. The Hall–Kier alpha value is -1.02. The van der Waals surface area contributed by atoms with Gasteiger partial charge < -0.3 is 49.8 Å². The number of hydrogen-bond acceptors (Lipinski definition) is 13. The zero-order valence-corrected chi connectivity index (χ0v) is 23.1. The Balaban J connectivity index is 2.76. The highest BCUT2D eigenvalue weighted by molar-refractivity contribution is 7.80. The van der Waals surface area contributed by atoms with Crippen LogP contribution in [-0.4, -0.2) is 123 Å². The second-order valence-electron chi connectivity index (χ2n) is 10.8. The minimum atomic E-state index is -4.96. The molecule has 15 nitrogen and oxygen atoms in total. The molecule has 2 rings (SSSR count). The van der Waals surface area contributed by atoms with E-state index in [9.17, 15) is 38.7 Å². The number of aliphatic hydroxyl groups is 4. The van der Waals surface area contributed by atoms with E-state index >= 15 is 0 Å². The number of aliphatic carboxylic acids is 1. The molecule has 0 aromatic rings. The molecule has 7 N–H and O–H groups in total. The zero-order chi connectivity index (χ0) is 29.3. The van der Waals surface area contributed by atoms with Crippen molar-refractivity contribution in [1.82, 2.24) is 5.32 Å². The fourth-order valence-corrected chi connectivity index (χ4v) is 5.54.